The van der Waals surface area contributed by atoms with Gasteiger partial charge in [-0.2, -0.15) is 0 Å². The fourth-order valence-electron chi connectivity index (χ4n) is 2.24. The maximum atomic E-state index is 12.2. The van der Waals surface area contributed by atoms with E-state index in [1.54, 1.807) is 6.92 Å². The van der Waals surface area contributed by atoms with E-state index in [2.05, 4.69) is 20.3 Å². The molecular formula is C14H16N4O3. The summed E-state index contributed by atoms with van der Waals surface area (Å²) in [6.45, 7) is 2.55. The zero-order chi connectivity index (χ0) is 14.8. The number of hydrogen-bond acceptors (Lipinski definition) is 6. The molecule has 0 bridgehead atoms. The van der Waals surface area contributed by atoms with Crippen molar-refractivity contribution in [3.05, 3.63) is 35.7 Å². The number of hydrogen-bond donors (Lipinski definition) is 1. The summed E-state index contributed by atoms with van der Waals surface area (Å²) in [4.78, 5) is 14.2. The van der Waals surface area contributed by atoms with Crippen molar-refractivity contribution in [1.82, 2.24) is 15.6 Å². The van der Waals surface area contributed by atoms with Gasteiger partial charge in [-0.25, -0.2) is 4.63 Å². The highest BCUT2D eigenvalue weighted by Gasteiger charge is 2.28. The predicted octanol–water partition coefficient (Wildman–Crippen LogP) is 0.892. The van der Waals surface area contributed by atoms with Crippen molar-refractivity contribution >= 4 is 11.6 Å². The van der Waals surface area contributed by atoms with Gasteiger partial charge in [0.1, 0.15) is 17.1 Å². The molecule has 0 fully saturated rings. The molecule has 0 saturated carbocycles. The third-order valence-corrected chi connectivity index (χ3v) is 3.45. The van der Waals surface area contributed by atoms with E-state index in [1.165, 1.54) is 0 Å². The van der Waals surface area contributed by atoms with E-state index >= 15 is 0 Å². The molecule has 1 amide bonds. The van der Waals surface area contributed by atoms with Crippen molar-refractivity contribution in [3.63, 3.8) is 0 Å². The lowest BCUT2D eigenvalue weighted by atomic mass is 10.2. The number of benzene rings is 1. The first-order valence-corrected chi connectivity index (χ1v) is 6.67. The fraction of sp³-hybridized carbons (Fsp3) is 0.357. The molecule has 1 aliphatic heterocycles. The van der Waals surface area contributed by atoms with Crippen LogP contribution < -0.4 is 15.0 Å². The van der Waals surface area contributed by atoms with Gasteiger partial charge in [-0.3, -0.25) is 4.79 Å². The average Bonchev–Trinajstić information content (AvgIpc) is 2.90. The first-order valence-electron chi connectivity index (χ1n) is 6.67. The maximum absolute atomic E-state index is 12.2. The Bertz CT molecular complexity index is 655. The Morgan fingerprint density at radius 1 is 1.43 bits per heavy atom. The second kappa shape index (κ2) is 5.43. The van der Waals surface area contributed by atoms with Crippen LogP contribution in [0, 0.1) is 6.92 Å². The molecule has 1 atom stereocenters. The number of aryl methyl sites for hydroxylation is 1. The van der Waals surface area contributed by atoms with Gasteiger partial charge >= 0.3 is 0 Å². The summed E-state index contributed by atoms with van der Waals surface area (Å²) in [6, 6.07) is 7.65. The van der Waals surface area contributed by atoms with Crippen LogP contribution >= 0.6 is 0 Å². The Kier molecular flexibility index (Phi) is 3.47. The largest absolute Gasteiger partial charge is 0.477 e. The van der Waals surface area contributed by atoms with Crippen LogP contribution in [0.4, 0.5) is 5.69 Å². The van der Waals surface area contributed by atoms with Crippen molar-refractivity contribution in [2.45, 2.75) is 19.6 Å². The van der Waals surface area contributed by atoms with Crippen LogP contribution in [0.2, 0.25) is 0 Å². The lowest BCUT2D eigenvalue weighted by Gasteiger charge is -2.32. The summed E-state index contributed by atoms with van der Waals surface area (Å²) in [6.07, 6.45) is -0.551. The van der Waals surface area contributed by atoms with Crippen molar-refractivity contribution in [2.24, 2.45) is 0 Å². The third kappa shape index (κ3) is 2.67. The van der Waals surface area contributed by atoms with Crippen LogP contribution in [0.5, 0.6) is 5.75 Å². The monoisotopic (exact) mass is 288 g/mol. The molecule has 7 heteroatoms. The number of aromatic nitrogens is 2. The number of nitrogens with one attached hydrogen (secondary N) is 1. The van der Waals surface area contributed by atoms with Gasteiger partial charge in [0.2, 0.25) is 0 Å². The Morgan fingerprint density at radius 2 is 2.24 bits per heavy atom. The predicted molar refractivity (Wildman–Crippen MR) is 75.0 cm³/mol. The molecule has 1 N–H and O–H groups in total. The first-order chi connectivity index (χ1) is 10.1. The molecule has 110 valence electrons. The summed E-state index contributed by atoms with van der Waals surface area (Å²) in [5.41, 5.74) is 2.27. The van der Waals surface area contributed by atoms with Crippen LogP contribution in [0.25, 0.3) is 0 Å². The molecule has 1 aliphatic rings. The number of fused-ring (bicyclic) bond motifs is 1. The zero-order valence-corrected chi connectivity index (χ0v) is 11.9. The van der Waals surface area contributed by atoms with Gasteiger partial charge < -0.3 is 15.0 Å². The van der Waals surface area contributed by atoms with Crippen molar-refractivity contribution < 1.29 is 14.2 Å². The normalized spacial score (nSPS) is 17.0. The Balaban J connectivity index is 1.65. The summed E-state index contributed by atoms with van der Waals surface area (Å²) in [5, 5.41) is 10.2. The molecule has 0 saturated heterocycles. The highest BCUT2D eigenvalue weighted by molar-refractivity contribution is 5.83. The first kappa shape index (κ1) is 13.4. The van der Waals surface area contributed by atoms with Gasteiger partial charge in [0.05, 0.1) is 18.8 Å². The Hall–Kier alpha value is -2.57. The van der Waals surface area contributed by atoms with Gasteiger partial charge in [0, 0.05) is 7.05 Å². The number of carbonyl (C=O) groups excluding carboxylic acids is 1. The number of anilines is 1. The molecule has 7 nitrogen and oxygen atoms in total. The molecule has 1 aromatic heterocycles. The summed E-state index contributed by atoms with van der Waals surface area (Å²) in [7, 11) is 1.94. The van der Waals surface area contributed by atoms with Gasteiger partial charge in [-0.05, 0) is 19.1 Å². The average molecular weight is 288 g/mol. The quantitative estimate of drug-likeness (QED) is 0.903. The van der Waals surface area contributed by atoms with Crippen LogP contribution in [0.15, 0.2) is 28.9 Å². The van der Waals surface area contributed by atoms with E-state index in [0.717, 1.165) is 5.69 Å². The highest BCUT2D eigenvalue weighted by Crippen LogP contribution is 2.31. The lowest BCUT2D eigenvalue weighted by molar-refractivity contribution is -0.128. The minimum atomic E-state index is -0.551. The van der Waals surface area contributed by atoms with Crippen LogP contribution in [-0.2, 0) is 11.3 Å². The van der Waals surface area contributed by atoms with E-state index in [0.29, 0.717) is 23.7 Å². The fourth-order valence-corrected chi connectivity index (χ4v) is 2.24. The number of ether oxygens (including phenoxy) is 1. The number of likely N-dealkylation sites (N-methyl/N-ethyl adjacent to an activating group) is 1. The highest BCUT2D eigenvalue weighted by atomic mass is 16.6. The van der Waals surface area contributed by atoms with Crippen molar-refractivity contribution in [2.75, 3.05) is 18.5 Å². The minimum Gasteiger partial charge on any atom is -0.477 e. The van der Waals surface area contributed by atoms with Gasteiger partial charge in [0.25, 0.3) is 5.91 Å². The van der Waals surface area contributed by atoms with E-state index in [4.69, 9.17) is 4.74 Å². The molecule has 0 unspecified atom stereocenters. The van der Waals surface area contributed by atoms with E-state index in [-0.39, 0.29) is 12.5 Å². The third-order valence-electron chi connectivity index (χ3n) is 3.45. The molecule has 21 heavy (non-hydrogen) atoms. The maximum Gasteiger partial charge on any atom is 0.263 e. The Morgan fingerprint density at radius 3 is 3.00 bits per heavy atom. The number of amides is 1. The minimum absolute atomic E-state index is 0.182. The molecule has 0 spiro atoms. The number of carbonyl (C=O) groups is 1. The second-order valence-corrected chi connectivity index (χ2v) is 4.97. The van der Waals surface area contributed by atoms with E-state index < -0.39 is 6.10 Å². The van der Waals surface area contributed by atoms with Gasteiger partial charge in [-0.1, -0.05) is 22.4 Å². The second-order valence-electron chi connectivity index (χ2n) is 4.97. The molecule has 1 aromatic carbocycles. The summed E-state index contributed by atoms with van der Waals surface area (Å²) < 4.78 is 10.3. The van der Waals surface area contributed by atoms with E-state index in [9.17, 15) is 4.79 Å². The summed E-state index contributed by atoms with van der Waals surface area (Å²) in [5.74, 6) is 0.532. The number of rotatable bonds is 3. The molecule has 2 aromatic rings. The van der Waals surface area contributed by atoms with Crippen LogP contribution in [0.3, 0.4) is 0 Å². The van der Waals surface area contributed by atoms with Crippen molar-refractivity contribution in [1.29, 1.82) is 0 Å². The molecule has 3 rings (SSSR count). The van der Waals surface area contributed by atoms with Gasteiger partial charge in [-0.15, -0.1) is 0 Å². The molecular weight excluding hydrogens is 272 g/mol. The molecule has 2 heterocycles. The smallest absolute Gasteiger partial charge is 0.263 e. The Labute approximate surface area is 121 Å². The zero-order valence-electron chi connectivity index (χ0n) is 11.9. The standard InChI is InChI=1S/C14H16N4O3/c1-9-10(17-21-16-9)7-15-14(19)13-8-18(2)11-5-3-4-6-12(11)20-13/h3-6,13H,7-8H2,1-2H3,(H,15,19)/t13-/m1/s1. The van der Waals surface area contributed by atoms with Crippen molar-refractivity contribution in [3.8, 4) is 5.75 Å². The molecule has 0 radical (unpaired) electrons. The number of para-hydroxylation sites is 2. The SMILES string of the molecule is Cc1nonc1CNC(=O)[C@H]1CN(C)c2ccccc2O1. The number of nitrogens with zero attached hydrogens (tertiary/aromatic N) is 3. The van der Waals surface area contributed by atoms with Crippen LogP contribution in [-0.4, -0.2) is 35.9 Å². The summed E-state index contributed by atoms with van der Waals surface area (Å²) >= 11 is 0. The molecule has 0 aliphatic carbocycles. The van der Waals surface area contributed by atoms with Crippen LogP contribution in [0.1, 0.15) is 11.4 Å². The van der Waals surface area contributed by atoms with Gasteiger partial charge in [0.15, 0.2) is 6.10 Å². The van der Waals surface area contributed by atoms with E-state index in [1.807, 2.05) is 36.2 Å². The lowest BCUT2D eigenvalue weighted by Crippen LogP contribution is -2.47. The topological polar surface area (TPSA) is 80.5 Å².